The average Bonchev–Trinajstić information content (AvgIpc) is 2.72. The van der Waals surface area contributed by atoms with Crippen LogP contribution in [0.2, 0.25) is 0 Å². The topological polar surface area (TPSA) is 105 Å². The molecule has 2 aromatic rings. The fourth-order valence-electron chi connectivity index (χ4n) is 1.69. The molecule has 0 aliphatic rings. The van der Waals surface area contributed by atoms with Gasteiger partial charge in [-0.25, -0.2) is 13.1 Å². The van der Waals surface area contributed by atoms with Crippen molar-refractivity contribution in [2.45, 2.75) is 18.4 Å². The molecule has 8 heteroatoms. The van der Waals surface area contributed by atoms with Gasteiger partial charge >= 0.3 is 4.87 Å². The maximum Gasteiger partial charge on any atom is 0.304 e. The molecule has 0 fully saturated rings. The first-order valence-corrected chi connectivity index (χ1v) is 7.78. The van der Waals surface area contributed by atoms with Crippen LogP contribution in [0.15, 0.2) is 33.3 Å². The summed E-state index contributed by atoms with van der Waals surface area (Å²) in [6.45, 7) is 1.70. The quantitative estimate of drug-likeness (QED) is 0.726. The van der Waals surface area contributed by atoms with Crippen LogP contribution in [0, 0.1) is 6.92 Å². The van der Waals surface area contributed by atoms with Crippen LogP contribution in [0.5, 0.6) is 0 Å². The fraction of sp³-hybridized carbons (Fsp3) is 0.182. The fourth-order valence-corrected chi connectivity index (χ4v) is 3.63. The predicted octanol–water partition coefficient (Wildman–Crippen LogP) is 0.806. The number of benzene rings is 1. The van der Waals surface area contributed by atoms with Crippen LogP contribution < -0.4 is 15.3 Å². The van der Waals surface area contributed by atoms with Crippen molar-refractivity contribution in [3.63, 3.8) is 0 Å². The lowest BCUT2D eigenvalue weighted by atomic mass is 10.2. The Hall–Kier alpha value is -1.64. The number of anilines is 1. The number of H-pyrrole nitrogens is 1. The molecule has 0 atom stereocenters. The van der Waals surface area contributed by atoms with Crippen molar-refractivity contribution in [3.05, 3.63) is 44.5 Å². The second-order valence-electron chi connectivity index (χ2n) is 3.99. The van der Waals surface area contributed by atoms with E-state index in [4.69, 9.17) is 5.73 Å². The average molecular weight is 299 g/mol. The monoisotopic (exact) mass is 299 g/mol. The van der Waals surface area contributed by atoms with Crippen LogP contribution >= 0.6 is 11.3 Å². The molecule has 0 aliphatic heterocycles. The van der Waals surface area contributed by atoms with E-state index in [0.717, 1.165) is 11.3 Å². The van der Waals surface area contributed by atoms with Gasteiger partial charge in [0.15, 0.2) is 0 Å². The zero-order chi connectivity index (χ0) is 14.0. The van der Waals surface area contributed by atoms with E-state index >= 15 is 0 Å². The largest absolute Gasteiger partial charge is 0.398 e. The van der Waals surface area contributed by atoms with Gasteiger partial charge in [0.05, 0.1) is 12.2 Å². The molecule has 4 N–H and O–H groups in total. The maximum absolute atomic E-state index is 12.2. The number of thiazole rings is 1. The minimum Gasteiger partial charge on any atom is -0.398 e. The lowest BCUT2D eigenvalue weighted by Gasteiger charge is -2.10. The number of nitrogen functional groups attached to an aromatic ring is 1. The number of nitrogens with one attached hydrogen (secondary N) is 2. The number of hydrogen-bond acceptors (Lipinski definition) is 5. The number of rotatable bonds is 4. The van der Waals surface area contributed by atoms with Crippen LogP contribution in [0.4, 0.5) is 5.69 Å². The molecule has 0 radical (unpaired) electrons. The zero-order valence-corrected chi connectivity index (χ0v) is 11.8. The predicted molar refractivity (Wildman–Crippen MR) is 74.6 cm³/mol. The maximum atomic E-state index is 12.2. The van der Waals surface area contributed by atoms with Gasteiger partial charge in [0.2, 0.25) is 10.0 Å². The van der Waals surface area contributed by atoms with Gasteiger partial charge in [0.25, 0.3) is 0 Å². The summed E-state index contributed by atoms with van der Waals surface area (Å²) >= 11 is 0.986. The second-order valence-corrected chi connectivity index (χ2v) is 6.54. The van der Waals surface area contributed by atoms with Gasteiger partial charge < -0.3 is 10.7 Å². The van der Waals surface area contributed by atoms with Crippen molar-refractivity contribution in [3.8, 4) is 0 Å². The molecule has 1 aromatic carbocycles. The highest BCUT2D eigenvalue weighted by molar-refractivity contribution is 7.89. The number of nitrogens with two attached hydrogens (primary N) is 1. The third-order valence-electron chi connectivity index (χ3n) is 2.53. The smallest absolute Gasteiger partial charge is 0.304 e. The lowest BCUT2D eigenvalue weighted by Crippen LogP contribution is -2.25. The second kappa shape index (κ2) is 5.16. The number of aromatic nitrogens is 1. The summed E-state index contributed by atoms with van der Waals surface area (Å²) in [7, 11) is -3.70. The number of aryl methyl sites for hydroxylation is 1. The molecule has 0 unspecified atom stereocenters. The van der Waals surface area contributed by atoms with Gasteiger partial charge in [-0.2, -0.15) is 0 Å². The van der Waals surface area contributed by atoms with Gasteiger partial charge in [-0.05, 0) is 18.6 Å². The van der Waals surface area contributed by atoms with E-state index in [0.29, 0.717) is 11.3 Å². The summed E-state index contributed by atoms with van der Waals surface area (Å²) in [5.74, 6) is 0. The molecule has 19 heavy (non-hydrogen) atoms. The number of sulfonamides is 1. The molecule has 0 saturated heterocycles. The lowest BCUT2D eigenvalue weighted by molar-refractivity contribution is 0.580. The molecule has 0 aliphatic carbocycles. The first-order valence-electron chi connectivity index (χ1n) is 5.41. The van der Waals surface area contributed by atoms with E-state index < -0.39 is 10.0 Å². The molecule has 6 nitrogen and oxygen atoms in total. The van der Waals surface area contributed by atoms with Crippen molar-refractivity contribution >= 4 is 27.0 Å². The van der Waals surface area contributed by atoms with E-state index in [2.05, 4.69) is 9.71 Å². The van der Waals surface area contributed by atoms with Crippen LogP contribution in [0.25, 0.3) is 0 Å². The standard InChI is InChI=1S/C11H13N3O3S2/c1-7-3-2-4-9(12)10(7)19(16,17)13-5-8-6-18-11(15)14-8/h2-4,6,13H,5,12H2,1H3,(H,14,15). The van der Waals surface area contributed by atoms with Crippen molar-refractivity contribution in [2.75, 3.05) is 5.73 Å². The molecule has 0 saturated carbocycles. The van der Waals surface area contributed by atoms with Crippen LogP contribution in [-0.4, -0.2) is 13.4 Å². The Morgan fingerprint density at radius 1 is 1.42 bits per heavy atom. The zero-order valence-electron chi connectivity index (χ0n) is 10.1. The van der Waals surface area contributed by atoms with E-state index in [-0.39, 0.29) is 22.0 Å². The first-order chi connectivity index (χ1) is 8.90. The minimum atomic E-state index is -3.70. The number of hydrogen-bond donors (Lipinski definition) is 3. The molecule has 0 bridgehead atoms. The third kappa shape index (κ3) is 3.03. The Morgan fingerprint density at radius 3 is 2.74 bits per heavy atom. The van der Waals surface area contributed by atoms with Gasteiger partial charge in [-0.1, -0.05) is 23.5 Å². The molecular weight excluding hydrogens is 286 g/mol. The summed E-state index contributed by atoms with van der Waals surface area (Å²) in [5.41, 5.74) is 7.00. The van der Waals surface area contributed by atoms with Crippen LogP contribution in [0.3, 0.4) is 0 Å². The van der Waals surface area contributed by atoms with Crippen LogP contribution in [0.1, 0.15) is 11.3 Å². The minimum absolute atomic E-state index is 0.0227. The molecular formula is C11H13N3O3S2. The normalized spacial score (nSPS) is 11.6. The number of aromatic amines is 1. The van der Waals surface area contributed by atoms with E-state index in [1.807, 2.05) is 0 Å². The van der Waals surface area contributed by atoms with Crippen molar-refractivity contribution in [1.29, 1.82) is 0 Å². The molecule has 0 amide bonds. The Balaban J connectivity index is 2.26. The van der Waals surface area contributed by atoms with Gasteiger partial charge in [-0.3, -0.25) is 4.79 Å². The van der Waals surface area contributed by atoms with E-state index in [1.54, 1.807) is 24.4 Å². The Morgan fingerprint density at radius 2 is 2.16 bits per heavy atom. The molecule has 0 spiro atoms. The molecule has 1 heterocycles. The van der Waals surface area contributed by atoms with Crippen molar-refractivity contribution < 1.29 is 8.42 Å². The summed E-state index contributed by atoms with van der Waals surface area (Å²) in [4.78, 5) is 13.4. The highest BCUT2D eigenvalue weighted by Gasteiger charge is 2.19. The van der Waals surface area contributed by atoms with Crippen molar-refractivity contribution in [2.24, 2.45) is 0 Å². The Kier molecular flexibility index (Phi) is 3.74. The third-order valence-corrected chi connectivity index (χ3v) is 4.87. The highest BCUT2D eigenvalue weighted by atomic mass is 32.2. The summed E-state index contributed by atoms with van der Waals surface area (Å²) in [5, 5.41) is 1.58. The van der Waals surface area contributed by atoms with Gasteiger partial charge in [0, 0.05) is 11.1 Å². The van der Waals surface area contributed by atoms with E-state index in [9.17, 15) is 13.2 Å². The highest BCUT2D eigenvalue weighted by Crippen LogP contribution is 2.22. The van der Waals surface area contributed by atoms with Crippen LogP contribution in [-0.2, 0) is 16.6 Å². The SMILES string of the molecule is Cc1cccc(N)c1S(=O)(=O)NCc1csc(=O)[nH]1. The van der Waals surface area contributed by atoms with Gasteiger partial charge in [-0.15, -0.1) is 0 Å². The van der Waals surface area contributed by atoms with E-state index in [1.165, 1.54) is 6.07 Å². The summed E-state index contributed by atoms with van der Waals surface area (Å²) in [6, 6.07) is 4.91. The van der Waals surface area contributed by atoms with Crippen molar-refractivity contribution in [1.82, 2.24) is 9.71 Å². The summed E-state index contributed by atoms with van der Waals surface area (Å²) < 4.78 is 26.8. The Bertz CT molecular complexity index is 726. The molecule has 2 rings (SSSR count). The molecule has 1 aromatic heterocycles. The first kappa shape index (κ1) is 13.8. The Labute approximate surface area is 114 Å². The summed E-state index contributed by atoms with van der Waals surface area (Å²) in [6.07, 6.45) is 0. The molecule has 102 valence electrons. The van der Waals surface area contributed by atoms with Gasteiger partial charge in [0.1, 0.15) is 4.90 Å².